The van der Waals surface area contributed by atoms with Crippen LogP contribution in [-0.2, 0) is 6.42 Å². The third-order valence-corrected chi connectivity index (χ3v) is 4.49. The van der Waals surface area contributed by atoms with Crippen LogP contribution < -0.4 is 5.32 Å². The second-order valence-electron chi connectivity index (χ2n) is 6.00. The SMILES string of the molecule is CCNCC1CCN(C(=O)c2ccc(CC)c([N+](=O)[O-])c2)CC1. The van der Waals surface area contributed by atoms with Gasteiger partial charge in [-0.15, -0.1) is 0 Å². The van der Waals surface area contributed by atoms with Crippen molar-refractivity contribution >= 4 is 11.6 Å². The molecular formula is C17H25N3O3. The van der Waals surface area contributed by atoms with E-state index in [4.69, 9.17) is 0 Å². The second kappa shape index (κ2) is 8.06. The lowest BCUT2D eigenvalue weighted by atomic mass is 9.96. The van der Waals surface area contributed by atoms with Gasteiger partial charge < -0.3 is 10.2 Å². The normalized spacial score (nSPS) is 15.7. The smallest absolute Gasteiger partial charge is 0.273 e. The summed E-state index contributed by atoms with van der Waals surface area (Å²) >= 11 is 0. The molecule has 1 aliphatic rings. The quantitative estimate of drug-likeness (QED) is 0.646. The van der Waals surface area contributed by atoms with Gasteiger partial charge in [-0.25, -0.2) is 0 Å². The summed E-state index contributed by atoms with van der Waals surface area (Å²) in [6.07, 6.45) is 2.54. The zero-order valence-electron chi connectivity index (χ0n) is 13.9. The molecule has 1 amide bonds. The van der Waals surface area contributed by atoms with E-state index in [1.54, 1.807) is 12.1 Å². The van der Waals surface area contributed by atoms with Crippen molar-refractivity contribution < 1.29 is 9.72 Å². The molecule has 0 aromatic heterocycles. The lowest BCUT2D eigenvalue weighted by Gasteiger charge is -2.32. The average Bonchev–Trinajstić information content (AvgIpc) is 2.59. The van der Waals surface area contributed by atoms with E-state index in [9.17, 15) is 14.9 Å². The summed E-state index contributed by atoms with van der Waals surface area (Å²) in [4.78, 5) is 25.1. The summed E-state index contributed by atoms with van der Waals surface area (Å²) in [7, 11) is 0. The van der Waals surface area contributed by atoms with E-state index in [0.29, 0.717) is 23.5 Å². The van der Waals surface area contributed by atoms with Gasteiger partial charge in [-0.2, -0.15) is 0 Å². The number of carbonyl (C=O) groups excluding carboxylic acids is 1. The molecule has 1 saturated heterocycles. The number of hydrogen-bond acceptors (Lipinski definition) is 4. The predicted octanol–water partition coefficient (Wildman–Crippen LogP) is 2.62. The molecule has 6 heteroatoms. The van der Waals surface area contributed by atoms with E-state index >= 15 is 0 Å². The molecule has 1 aliphatic heterocycles. The molecule has 1 aromatic carbocycles. The molecule has 0 atom stereocenters. The summed E-state index contributed by atoms with van der Waals surface area (Å²) in [6, 6.07) is 4.83. The van der Waals surface area contributed by atoms with Crippen molar-refractivity contribution in [3.63, 3.8) is 0 Å². The number of nitrogens with zero attached hydrogens (tertiary/aromatic N) is 2. The number of amides is 1. The van der Waals surface area contributed by atoms with Gasteiger partial charge in [0.25, 0.3) is 11.6 Å². The molecule has 0 saturated carbocycles. The minimum atomic E-state index is -0.404. The number of nitro benzene ring substituents is 1. The van der Waals surface area contributed by atoms with Crippen LogP contribution in [-0.4, -0.2) is 41.9 Å². The van der Waals surface area contributed by atoms with Crippen LogP contribution in [0.2, 0.25) is 0 Å². The standard InChI is InChI=1S/C17H25N3O3/c1-3-14-5-6-15(11-16(14)20(22)23)17(21)19-9-7-13(8-10-19)12-18-4-2/h5-6,11,13,18H,3-4,7-10,12H2,1-2H3. The second-order valence-corrected chi connectivity index (χ2v) is 6.00. The highest BCUT2D eigenvalue weighted by Crippen LogP contribution is 2.23. The van der Waals surface area contributed by atoms with E-state index in [1.807, 2.05) is 11.8 Å². The molecule has 0 spiro atoms. The van der Waals surface area contributed by atoms with Crippen molar-refractivity contribution in [2.24, 2.45) is 5.92 Å². The minimum absolute atomic E-state index is 0.0420. The molecule has 0 radical (unpaired) electrons. The molecule has 1 N–H and O–H groups in total. The molecule has 0 unspecified atom stereocenters. The highest BCUT2D eigenvalue weighted by Gasteiger charge is 2.25. The number of rotatable bonds is 6. The Morgan fingerprint density at radius 1 is 1.35 bits per heavy atom. The van der Waals surface area contributed by atoms with Crippen LogP contribution in [0, 0.1) is 16.0 Å². The van der Waals surface area contributed by atoms with E-state index in [-0.39, 0.29) is 11.6 Å². The Labute approximate surface area is 137 Å². The molecule has 1 heterocycles. The van der Waals surface area contributed by atoms with Crippen molar-refractivity contribution in [2.45, 2.75) is 33.1 Å². The fraction of sp³-hybridized carbons (Fsp3) is 0.588. The van der Waals surface area contributed by atoms with Crippen LogP contribution in [0.15, 0.2) is 18.2 Å². The van der Waals surface area contributed by atoms with Gasteiger partial charge in [0.05, 0.1) is 4.92 Å². The Kier molecular flexibility index (Phi) is 6.10. The maximum absolute atomic E-state index is 12.6. The first-order chi connectivity index (χ1) is 11.1. The van der Waals surface area contributed by atoms with Crippen molar-refractivity contribution in [3.05, 3.63) is 39.4 Å². The van der Waals surface area contributed by atoms with Crippen LogP contribution in [0.1, 0.15) is 42.6 Å². The Hall–Kier alpha value is -1.95. The van der Waals surface area contributed by atoms with E-state index in [0.717, 1.165) is 39.0 Å². The van der Waals surface area contributed by atoms with Crippen LogP contribution in [0.3, 0.4) is 0 Å². The number of carbonyl (C=O) groups is 1. The molecule has 0 bridgehead atoms. The van der Waals surface area contributed by atoms with Crippen molar-refractivity contribution in [1.82, 2.24) is 10.2 Å². The molecule has 6 nitrogen and oxygen atoms in total. The minimum Gasteiger partial charge on any atom is -0.339 e. The van der Waals surface area contributed by atoms with E-state index in [2.05, 4.69) is 12.2 Å². The van der Waals surface area contributed by atoms with Gasteiger partial charge in [0.1, 0.15) is 0 Å². The van der Waals surface area contributed by atoms with Crippen molar-refractivity contribution in [1.29, 1.82) is 0 Å². The van der Waals surface area contributed by atoms with Gasteiger partial charge in [-0.05, 0) is 44.3 Å². The highest BCUT2D eigenvalue weighted by molar-refractivity contribution is 5.95. The Morgan fingerprint density at radius 3 is 2.61 bits per heavy atom. The van der Waals surface area contributed by atoms with Gasteiger partial charge >= 0.3 is 0 Å². The Morgan fingerprint density at radius 2 is 2.04 bits per heavy atom. The maximum Gasteiger partial charge on any atom is 0.273 e. The molecule has 1 fully saturated rings. The van der Waals surface area contributed by atoms with Crippen LogP contribution in [0.5, 0.6) is 0 Å². The summed E-state index contributed by atoms with van der Waals surface area (Å²) in [5.74, 6) is 0.508. The monoisotopic (exact) mass is 319 g/mol. The molecule has 1 aromatic rings. The fourth-order valence-corrected chi connectivity index (χ4v) is 3.04. The van der Waals surface area contributed by atoms with Gasteiger partial charge in [0.15, 0.2) is 0 Å². The number of aryl methyl sites for hydroxylation is 1. The molecule has 126 valence electrons. The molecule has 2 rings (SSSR count). The number of likely N-dealkylation sites (tertiary alicyclic amines) is 1. The number of piperidine rings is 1. The lowest BCUT2D eigenvalue weighted by molar-refractivity contribution is -0.385. The number of hydrogen-bond donors (Lipinski definition) is 1. The molecule has 0 aliphatic carbocycles. The maximum atomic E-state index is 12.6. The fourth-order valence-electron chi connectivity index (χ4n) is 3.04. The van der Waals surface area contributed by atoms with E-state index < -0.39 is 4.92 Å². The third-order valence-electron chi connectivity index (χ3n) is 4.49. The summed E-state index contributed by atoms with van der Waals surface area (Å²) in [5, 5.41) is 14.5. The summed E-state index contributed by atoms with van der Waals surface area (Å²) < 4.78 is 0. The van der Waals surface area contributed by atoms with Crippen LogP contribution in [0.25, 0.3) is 0 Å². The van der Waals surface area contributed by atoms with E-state index in [1.165, 1.54) is 6.07 Å². The van der Waals surface area contributed by atoms with Crippen molar-refractivity contribution in [3.8, 4) is 0 Å². The van der Waals surface area contributed by atoms with Gasteiger partial charge in [-0.1, -0.05) is 19.9 Å². The lowest BCUT2D eigenvalue weighted by Crippen LogP contribution is -2.40. The van der Waals surface area contributed by atoms with Crippen LogP contribution >= 0.6 is 0 Å². The van der Waals surface area contributed by atoms with Crippen LogP contribution in [0.4, 0.5) is 5.69 Å². The molecular weight excluding hydrogens is 294 g/mol. The van der Waals surface area contributed by atoms with Crippen molar-refractivity contribution in [2.75, 3.05) is 26.2 Å². The highest BCUT2D eigenvalue weighted by atomic mass is 16.6. The van der Waals surface area contributed by atoms with Gasteiger partial charge in [0.2, 0.25) is 0 Å². The third kappa shape index (κ3) is 4.28. The number of benzene rings is 1. The van der Waals surface area contributed by atoms with Gasteiger partial charge in [-0.3, -0.25) is 14.9 Å². The Bertz CT molecular complexity index is 566. The first kappa shape index (κ1) is 17.4. The predicted molar refractivity (Wildman–Crippen MR) is 89.6 cm³/mol. The topological polar surface area (TPSA) is 75.5 Å². The zero-order chi connectivity index (χ0) is 16.8. The zero-order valence-corrected chi connectivity index (χ0v) is 13.9. The summed E-state index contributed by atoms with van der Waals surface area (Å²) in [6.45, 7) is 7.36. The largest absolute Gasteiger partial charge is 0.339 e. The van der Waals surface area contributed by atoms with Gasteiger partial charge in [0, 0.05) is 30.3 Å². The Balaban J connectivity index is 2.04. The first-order valence-electron chi connectivity index (χ1n) is 8.34. The average molecular weight is 319 g/mol. The number of nitro groups is 1. The summed E-state index contributed by atoms with van der Waals surface area (Å²) in [5.41, 5.74) is 1.12. The molecule has 23 heavy (non-hydrogen) atoms. The number of nitrogens with one attached hydrogen (secondary N) is 1. The first-order valence-corrected chi connectivity index (χ1v) is 8.34.